The van der Waals surface area contributed by atoms with Crippen molar-refractivity contribution in [2.75, 3.05) is 12.4 Å². The van der Waals surface area contributed by atoms with Gasteiger partial charge in [0.25, 0.3) is 0 Å². The third-order valence-electron chi connectivity index (χ3n) is 2.89. The van der Waals surface area contributed by atoms with Gasteiger partial charge >= 0.3 is 6.03 Å². The van der Waals surface area contributed by atoms with Crippen molar-refractivity contribution in [1.29, 1.82) is 0 Å². The zero-order chi connectivity index (χ0) is 16.8. The molecule has 0 aliphatic heterocycles. The minimum absolute atomic E-state index is 0.142. The summed E-state index contributed by atoms with van der Waals surface area (Å²) in [4.78, 5) is 12.0. The molecule has 0 aliphatic carbocycles. The molecule has 1 atom stereocenters. The summed E-state index contributed by atoms with van der Waals surface area (Å²) in [6, 6.07) is 10.7. The van der Waals surface area contributed by atoms with Crippen LogP contribution in [0.4, 0.5) is 10.5 Å². The Kier molecular flexibility index (Phi) is 5.54. The lowest BCUT2D eigenvalue weighted by Gasteiger charge is -2.17. The first-order chi connectivity index (χ1) is 11.0. The molecule has 1 unspecified atom stereocenters. The van der Waals surface area contributed by atoms with Crippen LogP contribution < -0.4 is 20.1 Å². The summed E-state index contributed by atoms with van der Waals surface area (Å²) in [7, 11) is 1.50. The smallest absolute Gasteiger partial charge is 0.322 e. The first-order valence-electron chi connectivity index (χ1n) is 6.84. The van der Waals surface area contributed by atoms with E-state index in [-0.39, 0.29) is 5.75 Å². The van der Waals surface area contributed by atoms with Crippen LogP contribution in [0.3, 0.4) is 0 Å². The van der Waals surface area contributed by atoms with E-state index in [0.29, 0.717) is 22.2 Å². The first-order valence-corrected chi connectivity index (χ1v) is 7.22. The molecule has 0 bridgehead atoms. The molecule has 3 N–H and O–H groups in total. The fourth-order valence-corrected chi connectivity index (χ4v) is 2.05. The SMILES string of the molecule is COc1ccc(Cl)cc1NC(=O)NC(C)Oc1ccc(O)cc1. The van der Waals surface area contributed by atoms with Gasteiger partial charge in [-0.2, -0.15) is 0 Å². The predicted molar refractivity (Wildman–Crippen MR) is 88.4 cm³/mol. The molecule has 0 aromatic heterocycles. The van der Waals surface area contributed by atoms with Gasteiger partial charge in [0.05, 0.1) is 12.8 Å². The van der Waals surface area contributed by atoms with Gasteiger partial charge in [0.2, 0.25) is 0 Å². The molecule has 0 fully saturated rings. The van der Waals surface area contributed by atoms with Crippen LogP contribution in [0, 0.1) is 0 Å². The Labute approximate surface area is 139 Å². The highest BCUT2D eigenvalue weighted by Gasteiger charge is 2.11. The number of ether oxygens (including phenoxy) is 2. The van der Waals surface area contributed by atoms with Crippen LogP contribution in [-0.4, -0.2) is 24.5 Å². The summed E-state index contributed by atoms with van der Waals surface area (Å²) in [5.74, 6) is 1.16. The van der Waals surface area contributed by atoms with Crippen molar-refractivity contribution in [3.05, 3.63) is 47.5 Å². The summed E-state index contributed by atoms with van der Waals surface area (Å²) in [5.41, 5.74) is 0.453. The number of carbonyl (C=O) groups is 1. The molecule has 23 heavy (non-hydrogen) atoms. The van der Waals surface area contributed by atoms with Gasteiger partial charge in [0, 0.05) is 5.02 Å². The summed E-state index contributed by atoms with van der Waals surface area (Å²) < 4.78 is 10.7. The number of nitrogens with one attached hydrogen (secondary N) is 2. The maximum absolute atomic E-state index is 12.0. The van der Waals surface area contributed by atoms with E-state index in [1.165, 1.54) is 19.2 Å². The fourth-order valence-electron chi connectivity index (χ4n) is 1.88. The number of hydrogen-bond donors (Lipinski definition) is 3. The topological polar surface area (TPSA) is 79.8 Å². The Hall–Kier alpha value is -2.60. The zero-order valence-corrected chi connectivity index (χ0v) is 13.4. The van der Waals surface area contributed by atoms with Crippen LogP contribution in [0.15, 0.2) is 42.5 Å². The molecular weight excluding hydrogens is 320 g/mol. The van der Waals surface area contributed by atoms with E-state index < -0.39 is 12.3 Å². The number of hydrogen-bond acceptors (Lipinski definition) is 4. The van der Waals surface area contributed by atoms with Gasteiger partial charge in [-0.3, -0.25) is 0 Å². The number of amides is 2. The minimum Gasteiger partial charge on any atom is -0.508 e. The second-order valence-corrected chi connectivity index (χ2v) is 5.13. The average Bonchev–Trinajstić information content (AvgIpc) is 2.49. The number of anilines is 1. The third-order valence-corrected chi connectivity index (χ3v) is 3.13. The molecule has 0 saturated heterocycles. The molecule has 0 heterocycles. The fraction of sp³-hybridized carbons (Fsp3) is 0.188. The van der Waals surface area contributed by atoms with Crippen molar-refractivity contribution < 1.29 is 19.4 Å². The molecule has 2 amide bonds. The van der Waals surface area contributed by atoms with E-state index >= 15 is 0 Å². The molecule has 0 saturated carbocycles. The van der Waals surface area contributed by atoms with Crippen molar-refractivity contribution in [2.45, 2.75) is 13.2 Å². The molecule has 6 nitrogen and oxygen atoms in total. The molecule has 0 radical (unpaired) electrons. The Bertz CT molecular complexity index is 676. The molecular formula is C16H17ClN2O4. The Morgan fingerprint density at radius 1 is 1.22 bits per heavy atom. The number of rotatable bonds is 5. The summed E-state index contributed by atoms with van der Waals surface area (Å²) in [6.07, 6.45) is -0.579. The van der Waals surface area contributed by atoms with Crippen LogP contribution in [0.1, 0.15) is 6.92 Å². The molecule has 2 rings (SSSR count). The number of carbonyl (C=O) groups excluding carboxylic acids is 1. The van der Waals surface area contributed by atoms with Crippen molar-refractivity contribution in [2.24, 2.45) is 0 Å². The molecule has 7 heteroatoms. The van der Waals surface area contributed by atoms with Gasteiger partial charge in [-0.05, 0) is 49.4 Å². The van der Waals surface area contributed by atoms with E-state index in [1.807, 2.05) is 0 Å². The number of aromatic hydroxyl groups is 1. The number of methoxy groups -OCH3 is 1. The van der Waals surface area contributed by atoms with E-state index in [9.17, 15) is 9.90 Å². The number of phenolic OH excluding ortho intramolecular Hbond substituents is 1. The van der Waals surface area contributed by atoms with Gasteiger partial charge in [0.1, 0.15) is 17.2 Å². The van der Waals surface area contributed by atoms with Crippen molar-refractivity contribution in [1.82, 2.24) is 5.32 Å². The quantitative estimate of drug-likeness (QED) is 0.729. The number of phenols is 1. The minimum atomic E-state index is -0.579. The summed E-state index contributed by atoms with van der Waals surface area (Å²) in [6.45, 7) is 1.68. The van der Waals surface area contributed by atoms with Crippen LogP contribution in [0.5, 0.6) is 17.2 Å². The normalized spacial score (nSPS) is 11.4. The van der Waals surface area contributed by atoms with Gasteiger partial charge in [0.15, 0.2) is 6.23 Å². The molecule has 0 aliphatic rings. The Morgan fingerprint density at radius 3 is 2.57 bits per heavy atom. The predicted octanol–water partition coefficient (Wildman–Crippen LogP) is 3.60. The van der Waals surface area contributed by atoms with Crippen LogP contribution in [0.25, 0.3) is 0 Å². The monoisotopic (exact) mass is 336 g/mol. The summed E-state index contributed by atoms with van der Waals surface area (Å²) in [5, 5.41) is 15.0. The largest absolute Gasteiger partial charge is 0.508 e. The van der Waals surface area contributed by atoms with Crippen molar-refractivity contribution in [3.63, 3.8) is 0 Å². The highest BCUT2D eigenvalue weighted by Crippen LogP contribution is 2.27. The number of benzene rings is 2. The molecule has 0 spiro atoms. The van der Waals surface area contributed by atoms with E-state index in [0.717, 1.165) is 0 Å². The lowest BCUT2D eigenvalue weighted by atomic mass is 10.3. The summed E-state index contributed by atoms with van der Waals surface area (Å²) >= 11 is 5.91. The lowest BCUT2D eigenvalue weighted by Crippen LogP contribution is -2.39. The van der Waals surface area contributed by atoms with E-state index in [2.05, 4.69) is 10.6 Å². The van der Waals surface area contributed by atoms with Crippen molar-refractivity contribution in [3.8, 4) is 17.2 Å². The second-order valence-electron chi connectivity index (χ2n) is 4.70. The van der Waals surface area contributed by atoms with Crippen LogP contribution >= 0.6 is 11.6 Å². The molecule has 2 aromatic rings. The highest BCUT2D eigenvalue weighted by atomic mass is 35.5. The van der Waals surface area contributed by atoms with E-state index in [1.54, 1.807) is 37.3 Å². The van der Waals surface area contributed by atoms with E-state index in [4.69, 9.17) is 21.1 Å². The first kappa shape index (κ1) is 16.8. The number of halogens is 1. The number of urea groups is 1. The van der Waals surface area contributed by atoms with Gasteiger partial charge in [-0.25, -0.2) is 4.79 Å². The van der Waals surface area contributed by atoms with Gasteiger partial charge in [-0.15, -0.1) is 0 Å². The second kappa shape index (κ2) is 7.60. The van der Waals surface area contributed by atoms with Gasteiger partial charge in [-0.1, -0.05) is 11.6 Å². The maximum atomic E-state index is 12.0. The van der Waals surface area contributed by atoms with Crippen LogP contribution in [-0.2, 0) is 0 Å². The highest BCUT2D eigenvalue weighted by molar-refractivity contribution is 6.31. The molecule has 122 valence electrons. The van der Waals surface area contributed by atoms with Crippen LogP contribution in [0.2, 0.25) is 5.02 Å². The lowest BCUT2D eigenvalue weighted by molar-refractivity contribution is 0.183. The Morgan fingerprint density at radius 2 is 1.91 bits per heavy atom. The average molecular weight is 337 g/mol. The standard InChI is InChI=1S/C16H17ClN2O4/c1-10(23-13-6-4-12(20)5-7-13)18-16(21)19-14-9-11(17)3-8-15(14)22-2/h3-10,20H,1-2H3,(H2,18,19,21). The van der Waals surface area contributed by atoms with Gasteiger partial charge < -0.3 is 25.2 Å². The maximum Gasteiger partial charge on any atom is 0.322 e. The van der Waals surface area contributed by atoms with Crippen molar-refractivity contribution >= 4 is 23.3 Å². The molecule has 2 aromatic carbocycles. The third kappa shape index (κ3) is 4.96. The zero-order valence-electron chi connectivity index (χ0n) is 12.7. The Balaban J connectivity index is 1.94.